The van der Waals surface area contributed by atoms with Gasteiger partial charge in [0, 0.05) is 12.8 Å². The van der Waals surface area contributed by atoms with Crippen LogP contribution < -0.4 is 5.32 Å². The van der Waals surface area contributed by atoms with E-state index >= 15 is 0 Å². The second kappa shape index (κ2) is 6.50. The molecular formula is C15H18FNO3. The first-order chi connectivity index (χ1) is 9.60. The van der Waals surface area contributed by atoms with E-state index in [4.69, 9.17) is 0 Å². The summed E-state index contributed by atoms with van der Waals surface area (Å²) in [5.41, 5.74) is 1.96. The minimum atomic E-state index is -0.314. The standard InChI is InChI=1S/C15H18FNO3/c1-20-15(19)4-2-3-14(18)17-13-8-6-10-5-7-11(16)9-12(10)13/h5,7,9,13H,2-4,6,8H2,1H3,(H,17,18)/t13-/m0/s1. The molecule has 0 radical (unpaired) electrons. The van der Waals surface area contributed by atoms with E-state index in [9.17, 15) is 14.0 Å². The van der Waals surface area contributed by atoms with Crippen molar-refractivity contribution in [2.45, 2.75) is 38.1 Å². The number of carbonyl (C=O) groups is 2. The summed E-state index contributed by atoms with van der Waals surface area (Å²) < 4.78 is 17.8. The van der Waals surface area contributed by atoms with Gasteiger partial charge in [0.15, 0.2) is 0 Å². The van der Waals surface area contributed by atoms with Crippen LogP contribution in [0.5, 0.6) is 0 Å². The van der Waals surface area contributed by atoms with Crippen molar-refractivity contribution in [1.29, 1.82) is 0 Å². The molecule has 0 heterocycles. The normalized spacial score (nSPS) is 16.6. The molecule has 0 aliphatic heterocycles. The number of hydrogen-bond donors (Lipinski definition) is 1. The molecule has 1 aromatic carbocycles. The predicted molar refractivity (Wildman–Crippen MR) is 71.5 cm³/mol. The van der Waals surface area contributed by atoms with Gasteiger partial charge in [0.05, 0.1) is 13.2 Å². The summed E-state index contributed by atoms with van der Waals surface area (Å²) in [7, 11) is 1.33. The van der Waals surface area contributed by atoms with Crippen LogP contribution in [0.4, 0.5) is 4.39 Å². The number of halogens is 1. The summed E-state index contributed by atoms with van der Waals surface area (Å²) in [6.07, 6.45) is 2.61. The Morgan fingerprint density at radius 3 is 2.95 bits per heavy atom. The molecule has 1 amide bonds. The maximum absolute atomic E-state index is 13.2. The quantitative estimate of drug-likeness (QED) is 0.841. The fraction of sp³-hybridized carbons (Fsp3) is 0.467. The SMILES string of the molecule is COC(=O)CCCC(=O)N[C@H]1CCc2ccc(F)cc21. The van der Waals surface area contributed by atoms with Gasteiger partial charge in [0.2, 0.25) is 5.91 Å². The highest BCUT2D eigenvalue weighted by Gasteiger charge is 2.24. The van der Waals surface area contributed by atoms with Gasteiger partial charge in [0.1, 0.15) is 5.82 Å². The van der Waals surface area contributed by atoms with E-state index in [1.165, 1.54) is 19.2 Å². The van der Waals surface area contributed by atoms with Crippen molar-refractivity contribution in [3.63, 3.8) is 0 Å². The molecule has 4 nitrogen and oxygen atoms in total. The van der Waals surface area contributed by atoms with Crippen LogP contribution in [0.1, 0.15) is 42.9 Å². The van der Waals surface area contributed by atoms with Gasteiger partial charge in [-0.2, -0.15) is 0 Å². The topological polar surface area (TPSA) is 55.4 Å². The number of nitrogens with one attached hydrogen (secondary N) is 1. The molecule has 1 aliphatic carbocycles. The largest absolute Gasteiger partial charge is 0.469 e. The minimum Gasteiger partial charge on any atom is -0.469 e. The van der Waals surface area contributed by atoms with Gasteiger partial charge in [0.25, 0.3) is 0 Å². The number of ether oxygens (including phenoxy) is 1. The summed E-state index contributed by atoms with van der Waals surface area (Å²) in [5.74, 6) is -0.710. The fourth-order valence-electron chi connectivity index (χ4n) is 2.48. The Labute approximate surface area is 117 Å². The zero-order chi connectivity index (χ0) is 14.5. The molecule has 0 bridgehead atoms. The Morgan fingerprint density at radius 1 is 1.40 bits per heavy atom. The summed E-state index contributed by atoms with van der Waals surface area (Å²) in [6, 6.07) is 4.58. The molecule has 0 spiro atoms. The van der Waals surface area contributed by atoms with Crippen LogP contribution in [0, 0.1) is 5.82 Å². The van der Waals surface area contributed by atoms with E-state index in [2.05, 4.69) is 10.1 Å². The van der Waals surface area contributed by atoms with Crippen LogP contribution in [0.25, 0.3) is 0 Å². The Kier molecular flexibility index (Phi) is 4.71. The zero-order valence-electron chi connectivity index (χ0n) is 11.4. The van der Waals surface area contributed by atoms with Crippen LogP contribution in [0.15, 0.2) is 18.2 Å². The van der Waals surface area contributed by atoms with E-state index in [1.54, 1.807) is 6.07 Å². The van der Waals surface area contributed by atoms with Crippen molar-refractivity contribution in [2.24, 2.45) is 0 Å². The van der Waals surface area contributed by atoms with Crippen LogP contribution in [0.3, 0.4) is 0 Å². The molecule has 0 unspecified atom stereocenters. The lowest BCUT2D eigenvalue weighted by atomic mass is 10.1. The third kappa shape index (κ3) is 3.56. The second-order valence-corrected chi connectivity index (χ2v) is 4.93. The van der Waals surface area contributed by atoms with Gasteiger partial charge >= 0.3 is 5.97 Å². The van der Waals surface area contributed by atoms with E-state index < -0.39 is 0 Å². The molecule has 2 rings (SSSR count). The Balaban J connectivity index is 1.85. The highest BCUT2D eigenvalue weighted by atomic mass is 19.1. The van der Waals surface area contributed by atoms with Crippen molar-refractivity contribution in [3.8, 4) is 0 Å². The maximum Gasteiger partial charge on any atom is 0.305 e. The number of carbonyl (C=O) groups excluding carboxylic acids is 2. The zero-order valence-corrected chi connectivity index (χ0v) is 11.4. The molecule has 5 heteroatoms. The summed E-state index contributed by atoms with van der Waals surface area (Å²) in [4.78, 5) is 22.7. The van der Waals surface area contributed by atoms with Gasteiger partial charge < -0.3 is 10.1 Å². The molecule has 1 atom stereocenters. The lowest BCUT2D eigenvalue weighted by molar-refractivity contribution is -0.140. The van der Waals surface area contributed by atoms with E-state index in [0.717, 1.165) is 24.0 Å². The van der Waals surface area contributed by atoms with E-state index in [-0.39, 0.29) is 36.6 Å². The first-order valence-corrected chi connectivity index (χ1v) is 6.74. The van der Waals surface area contributed by atoms with E-state index in [1.807, 2.05) is 0 Å². The van der Waals surface area contributed by atoms with Crippen molar-refractivity contribution in [3.05, 3.63) is 35.1 Å². The monoisotopic (exact) mass is 279 g/mol. The lowest BCUT2D eigenvalue weighted by Gasteiger charge is -2.14. The molecule has 20 heavy (non-hydrogen) atoms. The first kappa shape index (κ1) is 14.5. The Hall–Kier alpha value is -1.91. The minimum absolute atomic E-state index is 0.115. The van der Waals surface area contributed by atoms with Crippen LogP contribution in [0.2, 0.25) is 0 Å². The molecule has 0 aromatic heterocycles. The highest BCUT2D eigenvalue weighted by Crippen LogP contribution is 2.31. The summed E-state index contributed by atoms with van der Waals surface area (Å²) in [5, 5.41) is 2.90. The molecule has 1 aliphatic rings. The maximum atomic E-state index is 13.2. The number of hydrogen-bond acceptors (Lipinski definition) is 3. The molecule has 1 aromatic rings. The number of esters is 1. The molecular weight excluding hydrogens is 261 g/mol. The smallest absolute Gasteiger partial charge is 0.305 e. The molecule has 1 N–H and O–H groups in total. The Morgan fingerprint density at radius 2 is 2.20 bits per heavy atom. The average Bonchev–Trinajstić information content (AvgIpc) is 2.81. The third-order valence-corrected chi connectivity index (χ3v) is 3.53. The average molecular weight is 279 g/mol. The number of aryl methyl sites for hydroxylation is 1. The van der Waals surface area contributed by atoms with Crippen molar-refractivity contribution in [1.82, 2.24) is 5.32 Å². The number of benzene rings is 1. The molecule has 0 saturated heterocycles. The fourth-order valence-corrected chi connectivity index (χ4v) is 2.48. The summed E-state index contributed by atoms with van der Waals surface area (Å²) in [6.45, 7) is 0. The molecule has 108 valence electrons. The first-order valence-electron chi connectivity index (χ1n) is 6.74. The number of rotatable bonds is 5. The van der Waals surface area contributed by atoms with Crippen molar-refractivity contribution < 1.29 is 18.7 Å². The number of fused-ring (bicyclic) bond motifs is 1. The Bertz CT molecular complexity index is 516. The van der Waals surface area contributed by atoms with Gasteiger partial charge in [-0.3, -0.25) is 9.59 Å². The van der Waals surface area contributed by atoms with Crippen molar-refractivity contribution >= 4 is 11.9 Å². The van der Waals surface area contributed by atoms with Gasteiger partial charge in [-0.25, -0.2) is 4.39 Å². The lowest BCUT2D eigenvalue weighted by Crippen LogP contribution is -2.27. The van der Waals surface area contributed by atoms with Gasteiger partial charge in [-0.1, -0.05) is 6.07 Å². The number of methoxy groups -OCH3 is 1. The van der Waals surface area contributed by atoms with Crippen LogP contribution in [-0.4, -0.2) is 19.0 Å². The van der Waals surface area contributed by atoms with Gasteiger partial charge in [-0.05, 0) is 42.5 Å². The van der Waals surface area contributed by atoms with E-state index in [0.29, 0.717) is 6.42 Å². The third-order valence-electron chi connectivity index (χ3n) is 3.53. The van der Waals surface area contributed by atoms with Crippen LogP contribution in [-0.2, 0) is 20.7 Å². The molecule has 0 saturated carbocycles. The second-order valence-electron chi connectivity index (χ2n) is 4.93. The molecule has 0 fully saturated rings. The van der Waals surface area contributed by atoms with Crippen LogP contribution >= 0.6 is 0 Å². The van der Waals surface area contributed by atoms with Gasteiger partial charge in [-0.15, -0.1) is 0 Å². The highest BCUT2D eigenvalue weighted by molar-refractivity contribution is 5.77. The summed E-state index contributed by atoms with van der Waals surface area (Å²) >= 11 is 0. The van der Waals surface area contributed by atoms with Crippen molar-refractivity contribution in [2.75, 3.05) is 7.11 Å². The predicted octanol–water partition coefficient (Wildman–Crippen LogP) is 2.27. The number of amides is 1.